The van der Waals surface area contributed by atoms with Gasteiger partial charge in [0.25, 0.3) is 5.91 Å². The number of carbonyl (C=O) groups is 1. The number of fused-ring (bicyclic) bond motifs is 1. The van der Waals surface area contributed by atoms with Crippen LogP contribution in [0.15, 0.2) is 54.7 Å². The van der Waals surface area contributed by atoms with Crippen molar-refractivity contribution in [3.05, 3.63) is 82.5 Å². The summed E-state index contributed by atoms with van der Waals surface area (Å²) < 4.78 is 5.14. The molecule has 0 spiro atoms. The molecule has 0 N–H and O–H groups in total. The van der Waals surface area contributed by atoms with Gasteiger partial charge in [-0.15, -0.1) is 0 Å². The van der Waals surface area contributed by atoms with Crippen molar-refractivity contribution in [1.82, 2.24) is 9.88 Å². The maximum absolute atomic E-state index is 13.0. The van der Waals surface area contributed by atoms with E-state index in [2.05, 4.69) is 48.3 Å². The lowest BCUT2D eigenvalue weighted by molar-refractivity contribution is 0.0766. The molecule has 2 aromatic carbocycles. The number of ether oxygens (including phenoxy) is 1. The zero-order valence-corrected chi connectivity index (χ0v) is 16.5. The Kier molecular flexibility index (Phi) is 4.86. The standard InChI is InChI=1S/C24H24N2O2/c1-4-17-5-7-18(8-6-17)14-26-15-21-12-20(11-16(2)23(21)24(26)27)19-9-10-22(28-3)25-13-19/h5-13H,4,14-15H2,1-3H3. The van der Waals surface area contributed by atoms with Crippen LogP contribution in [0.4, 0.5) is 0 Å². The molecule has 1 aliphatic heterocycles. The van der Waals surface area contributed by atoms with Gasteiger partial charge in [0.05, 0.1) is 7.11 Å². The average Bonchev–Trinajstić information content (AvgIpc) is 3.04. The molecule has 0 atom stereocenters. The maximum Gasteiger partial charge on any atom is 0.255 e. The van der Waals surface area contributed by atoms with Crippen LogP contribution in [-0.2, 0) is 19.5 Å². The zero-order chi connectivity index (χ0) is 19.7. The number of hydrogen-bond donors (Lipinski definition) is 0. The van der Waals surface area contributed by atoms with Gasteiger partial charge in [-0.2, -0.15) is 0 Å². The topological polar surface area (TPSA) is 42.4 Å². The van der Waals surface area contributed by atoms with Crippen molar-refractivity contribution in [2.24, 2.45) is 0 Å². The van der Waals surface area contributed by atoms with E-state index in [4.69, 9.17) is 4.74 Å². The maximum atomic E-state index is 13.0. The number of amides is 1. The van der Waals surface area contributed by atoms with Gasteiger partial charge >= 0.3 is 0 Å². The second kappa shape index (κ2) is 7.47. The summed E-state index contributed by atoms with van der Waals surface area (Å²) in [6, 6.07) is 16.6. The molecule has 0 saturated heterocycles. The number of methoxy groups -OCH3 is 1. The normalized spacial score (nSPS) is 13.0. The average molecular weight is 372 g/mol. The summed E-state index contributed by atoms with van der Waals surface area (Å²) >= 11 is 0. The Morgan fingerprint density at radius 1 is 1.04 bits per heavy atom. The molecule has 4 rings (SSSR count). The van der Waals surface area contributed by atoms with Crippen LogP contribution in [0, 0.1) is 6.92 Å². The van der Waals surface area contributed by atoms with Gasteiger partial charge < -0.3 is 9.64 Å². The summed E-state index contributed by atoms with van der Waals surface area (Å²) in [5, 5.41) is 0. The number of pyridine rings is 1. The highest BCUT2D eigenvalue weighted by Crippen LogP contribution is 2.32. The van der Waals surface area contributed by atoms with Crippen molar-refractivity contribution in [3.8, 4) is 17.0 Å². The second-order valence-electron chi connectivity index (χ2n) is 7.25. The molecule has 1 amide bonds. The fraction of sp³-hybridized carbons (Fsp3) is 0.250. The number of carbonyl (C=O) groups excluding carboxylic acids is 1. The van der Waals surface area contributed by atoms with E-state index in [1.54, 1.807) is 7.11 Å². The van der Waals surface area contributed by atoms with Crippen molar-refractivity contribution in [3.63, 3.8) is 0 Å². The van der Waals surface area contributed by atoms with Crippen molar-refractivity contribution >= 4 is 5.91 Å². The summed E-state index contributed by atoms with van der Waals surface area (Å²) in [5.74, 6) is 0.712. The minimum Gasteiger partial charge on any atom is -0.481 e. The van der Waals surface area contributed by atoms with E-state index in [0.29, 0.717) is 19.0 Å². The highest BCUT2D eigenvalue weighted by Gasteiger charge is 2.29. The van der Waals surface area contributed by atoms with Crippen LogP contribution in [0.3, 0.4) is 0 Å². The monoisotopic (exact) mass is 372 g/mol. The molecular weight excluding hydrogens is 348 g/mol. The van der Waals surface area contributed by atoms with Crippen LogP contribution >= 0.6 is 0 Å². The molecule has 1 aromatic heterocycles. The lowest BCUT2D eigenvalue weighted by atomic mass is 9.97. The van der Waals surface area contributed by atoms with Gasteiger partial charge in [0.15, 0.2) is 0 Å². The molecule has 0 radical (unpaired) electrons. The first-order valence-corrected chi connectivity index (χ1v) is 9.60. The number of aryl methyl sites for hydroxylation is 2. The van der Waals surface area contributed by atoms with Crippen LogP contribution in [-0.4, -0.2) is 22.9 Å². The molecule has 4 heteroatoms. The predicted molar refractivity (Wildman–Crippen MR) is 110 cm³/mol. The third-order valence-corrected chi connectivity index (χ3v) is 5.36. The number of nitrogens with zero attached hydrogens (tertiary/aromatic N) is 2. The Morgan fingerprint density at radius 2 is 1.79 bits per heavy atom. The van der Waals surface area contributed by atoms with Gasteiger partial charge in [-0.25, -0.2) is 4.98 Å². The number of aromatic nitrogens is 1. The van der Waals surface area contributed by atoms with E-state index in [1.807, 2.05) is 30.2 Å². The van der Waals surface area contributed by atoms with Gasteiger partial charge in [0.1, 0.15) is 0 Å². The summed E-state index contributed by atoms with van der Waals surface area (Å²) in [6.07, 6.45) is 2.83. The van der Waals surface area contributed by atoms with E-state index in [-0.39, 0.29) is 5.91 Å². The summed E-state index contributed by atoms with van der Waals surface area (Å²) in [4.78, 5) is 19.2. The first-order chi connectivity index (χ1) is 13.6. The van der Waals surface area contributed by atoms with Gasteiger partial charge in [0.2, 0.25) is 5.88 Å². The molecule has 1 aliphatic rings. The largest absolute Gasteiger partial charge is 0.481 e. The Bertz CT molecular complexity index is 1010. The molecule has 0 fully saturated rings. The van der Waals surface area contributed by atoms with E-state index < -0.39 is 0 Å². The Morgan fingerprint density at radius 3 is 2.43 bits per heavy atom. The van der Waals surface area contributed by atoms with E-state index in [0.717, 1.165) is 39.8 Å². The van der Waals surface area contributed by atoms with Gasteiger partial charge in [-0.05, 0) is 53.3 Å². The van der Waals surface area contributed by atoms with Crippen LogP contribution in [0.2, 0.25) is 0 Å². The molecular formula is C24H24N2O2. The highest BCUT2D eigenvalue weighted by molar-refractivity contribution is 6.00. The first kappa shape index (κ1) is 18.2. The number of rotatable bonds is 5. The van der Waals surface area contributed by atoms with Gasteiger partial charge in [-0.3, -0.25) is 4.79 Å². The first-order valence-electron chi connectivity index (χ1n) is 9.60. The molecule has 4 nitrogen and oxygen atoms in total. The summed E-state index contributed by atoms with van der Waals surface area (Å²) in [5.41, 5.74) is 7.51. The van der Waals surface area contributed by atoms with Crippen molar-refractivity contribution in [1.29, 1.82) is 0 Å². The second-order valence-corrected chi connectivity index (χ2v) is 7.25. The number of hydrogen-bond acceptors (Lipinski definition) is 3. The molecule has 0 aliphatic carbocycles. The Hall–Kier alpha value is -3.14. The third kappa shape index (κ3) is 3.38. The van der Waals surface area contributed by atoms with Crippen molar-refractivity contribution in [2.45, 2.75) is 33.4 Å². The quantitative estimate of drug-likeness (QED) is 0.647. The lowest BCUT2D eigenvalue weighted by Gasteiger charge is -2.16. The summed E-state index contributed by atoms with van der Waals surface area (Å²) in [6.45, 7) is 5.43. The minimum atomic E-state index is 0.117. The molecule has 3 aromatic rings. The SMILES string of the molecule is CCc1ccc(CN2Cc3cc(-c4ccc(OC)nc4)cc(C)c3C2=O)cc1. The van der Waals surface area contributed by atoms with E-state index >= 15 is 0 Å². The van der Waals surface area contributed by atoms with Crippen LogP contribution in [0.5, 0.6) is 5.88 Å². The third-order valence-electron chi connectivity index (χ3n) is 5.36. The smallest absolute Gasteiger partial charge is 0.255 e. The van der Waals surface area contributed by atoms with E-state index in [9.17, 15) is 4.79 Å². The molecule has 28 heavy (non-hydrogen) atoms. The Balaban J connectivity index is 1.59. The lowest BCUT2D eigenvalue weighted by Crippen LogP contribution is -2.23. The molecule has 0 unspecified atom stereocenters. The van der Waals surface area contributed by atoms with Crippen LogP contribution < -0.4 is 4.74 Å². The van der Waals surface area contributed by atoms with Crippen LogP contribution in [0.25, 0.3) is 11.1 Å². The zero-order valence-electron chi connectivity index (χ0n) is 16.5. The summed E-state index contributed by atoms with van der Waals surface area (Å²) in [7, 11) is 1.61. The van der Waals surface area contributed by atoms with Gasteiger partial charge in [0, 0.05) is 36.5 Å². The van der Waals surface area contributed by atoms with Gasteiger partial charge in [-0.1, -0.05) is 37.3 Å². The molecule has 0 bridgehead atoms. The fourth-order valence-corrected chi connectivity index (χ4v) is 3.79. The Labute approximate surface area is 165 Å². The molecule has 142 valence electrons. The van der Waals surface area contributed by atoms with Crippen molar-refractivity contribution < 1.29 is 9.53 Å². The minimum absolute atomic E-state index is 0.117. The number of benzene rings is 2. The predicted octanol–water partition coefficient (Wildman–Crippen LogP) is 4.78. The molecule has 0 saturated carbocycles. The van der Waals surface area contributed by atoms with E-state index in [1.165, 1.54) is 5.56 Å². The highest BCUT2D eigenvalue weighted by atomic mass is 16.5. The molecule has 2 heterocycles. The fourth-order valence-electron chi connectivity index (χ4n) is 3.79. The van der Waals surface area contributed by atoms with Crippen LogP contribution in [0.1, 0.15) is 39.5 Å². The van der Waals surface area contributed by atoms with Crippen molar-refractivity contribution in [2.75, 3.05) is 7.11 Å².